The fraction of sp³-hybridized carbons (Fsp3) is 1.00. The molecule has 0 aromatic heterocycles. The van der Waals surface area contributed by atoms with E-state index in [-0.39, 0.29) is 0 Å². The van der Waals surface area contributed by atoms with Crippen molar-refractivity contribution in [3.05, 3.63) is 0 Å². The van der Waals surface area contributed by atoms with Gasteiger partial charge in [-0.1, -0.05) is 6.92 Å². The van der Waals surface area contributed by atoms with Crippen LogP contribution in [0, 0.1) is 5.92 Å². The third kappa shape index (κ3) is 2.96. The highest BCUT2D eigenvalue weighted by atomic mass is 15.3. The van der Waals surface area contributed by atoms with Gasteiger partial charge >= 0.3 is 0 Å². The number of piperazine rings is 1. The molecule has 0 aromatic rings. The predicted molar refractivity (Wildman–Crippen MR) is 68.7 cm³/mol. The molecule has 1 aliphatic heterocycles. The van der Waals surface area contributed by atoms with E-state index in [0.717, 1.165) is 18.0 Å². The first-order valence-corrected chi connectivity index (χ1v) is 6.84. The molecule has 2 atom stereocenters. The van der Waals surface area contributed by atoms with Crippen molar-refractivity contribution in [1.82, 2.24) is 15.1 Å². The maximum Gasteiger partial charge on any atom is 0.0220 e. The maximum atomic E-state index is 3.50. The highest BCUT2D eigenvalue weighted by Crippen LogP contribution is 2.33. The van der Waals surface area contributed by atoms with E-state index >= 15 is 0 Å². The Morgan fingerprint density at radius 1 is 1.31 bits per heavy atom. The van der Waals surface area contributed by atoms with Crippen molar-refractivity contribution < 1.29 is 0 Å². The number of rotatable bonds is 5. The van der Waals surface area contributed by atoms with Gasteiger partial charge in [0.05, 0.1) is 0 Å². The van der Waals surface area contributed by atoms with Gasteiger partial charge in [0.1, 0.15) is 0 Å². The van der Waals surface area contributed by atoms with E-state index in [0.29, 0.717) is 0 Å². The smallest absolute Gasteiger partial charge is 0.0220 e. The normalized spacial score (nSPS) is 30.6. The van der Waals surface area contributed by atoms with E-state index in [2.05, 4.69) is 36.1 Å². The molecule has 0 radical (unpaired) electrons. The van der Waals surface area contributed by atoms with E-state index in [1.807, 2.05) is 0 Å². The van der Waals surface area contributed by atoms with Gasteiger partial charge in [-0.2, -0.15) is 0 Å². The van der Waals surface area contributed by atoms with E-state index in [4.69, 9.17) is 0 Å². The number of hydrogen-bond acceptors (Lipinski definition) is 3. The lowest BCUT2D eigenvalue weighted by Crippen LogP contribution is -2.54. The lowest BCUT2D eigenvalue weighted by Gasteiger charge is -2.40. The highest BCUT2D eigenvalue weighted by molar-refractivity contribution is 4.89. The summed E-state index contributed by atoms with van der Waals surface area (Å²) in [7, 11) is 4.39. The zero-order valence-corrected chi connectivity index (χ0v) is 11.1. The Morgan fingerprint density at radius 3 is 2.62 bits per heavy atom. The minimum atomic E-state index is 0.737. The van der Waals surface area contributed by atoms with Crippen LogP contribution < -0.4 is 5.32 Å². The first-order valence-electron chi connectivity index (χ1n) is 6.84. The second-order valence-electron chi connectivity index (χ2n) is 5.53. The van der Waals surface area contributed by atoms with Gasteiger partial charge in [-0.3, -0.25) is 4.90 Å². The van der Waals surface area contributed by atoms with Gasteiger partial charge in [-0.25, -0.2) is 0 Å². The largest absolute Gasteiger partial charge is 0.315 e. The van der Waals surface area contributed by atoms with Crippen LogP contribution in [0.5, 0.6) is 0 Å². The summed E-state index contributed by atoms with van der Waals surface area (Å²) in [5.41, 5.74) is 0. The van der Waals surface area contributed by atoms with Crippen molar-refractivity contribution in [2.45, 2.75) is 38.3 Å². The van der Waals surface area contributed by atoms with Crippen LogP contribution in [0.25, 0.3) is 0 Å². The minimum Gasteiger partial charge on any atom is -0.315 e. The van der Waals surface area contributed by atoms with Crippen LogP contribution in [0.1, 0.15) is 26.2 Å². The molecule has 0 amide bonds. The Kier molecular flexibility index (Phi) is 4.22. The van der Waals surface area contributed by atoms with Crippen LogP contribution in [0.4, 0.5) is 0 Å². The van der Waals surface area contributed by atoms with Crippen LogP contribution in [0.15, 0.2) is 0 Å². The average Bonchev–Trinajstić information content (AvgIpc) is 3.12. The number of nitrogens with zero attached hydrogens (tertiary/aromatic N) is 2. The predicted octanol–water partition coefficient (Wildman–Crippen LogP) is 1.01. The van der Waals surface area contributed by atoms with Crippen LogP contribution in [0.2, 0.25) is 0 Å². The molecule has 1 saturated carbocycles. The Morgan fingerprint density at radius 2 is 2.06 bits per heavy atom. The highest BCUT2D eigenvalue weighted by Gasteiger charge is 2.32. The molecule has 2 rings (SSSR count). The molecule has 2 fully saturated rings. The molecule has 0 bridgehead atoms. The second-order valence-corrected chi connectivity index (χ2v) is 5.53. The van der Waals surface area contributed by atoms with Crippen molar-refractivity contribution >= 4 is 0 Å². The molecule has 3 nitrogen and oxygen atoms in total. The summed E-state index contributed by atoms with van der Waals surface area (Å²) in [6, 6.07) is 1.51. The fourth-order valence-electron chi connectivity index (χ4n) is 2.87. The van der Waals surface area contributed by atoms with Crippen LogP contribution in [-0.4, -0.2) is 62.2 Å². The standard InChI is InChI=1S/C13H27N3/c1-4-12-9-16(8-7-15(12)3)10-13(14-2)11-5-6-11/h11-14H,4-10H2,1-3H3. The first-order chi connectivity index (χ1) is 7.74. The van der Waals surface area contributed by atoms with Crippen molar-refractivity contribution in [2.75, 3.05) is 40.3 Å². The molecular weight excluding hydrogens is 198 g/mol. The Balaban J connectivity index is 1.80. The Hall–Kier alpha value is -0.120. The summed E-state index contributed by atoms with van der Waals surface area (Å²) < 4.78 is 0. The molecule has 1 N–H and O–H groups in total. The van der Waals surface area contributed by atoms with Gasteiger partial charge in [-0.15, -0.1) is 0 Å². The zero-order valence-electron chi connectivity index (χ0n) is 11.1. The lowest BCUT2D eigenvalue weighted by molar-refractivity contribution is 0.0846. The topological polar surface area (TPSA) is 18.5 Å². The summed E-state index contributed by atoms with van der Waals surface area (Å²) in [6.45, 7) is 7.31. The van der Waals surface area contributed by atoms with Gasteiger partial charge in [0, 0.05) is 38.3 Å². The van der Waals surface area contributed by atoms with Crippen LogP contribution in [0.3, 0.4) is 0 Å². The third-order valence-corrected chi connectivity index (χ3v) is 4.35. The molecule has 1 aliphatic carbocycles. The fourth-order valence-corrected chi connectivity index (χ4v) is 2.87. The van der Waals surface area contributed by atoms with E-state index in [1.165, 1.54) is 45.4 Å². The SMILES string of the molecule is CCC1CN(CC(NC)C2CC2)CCN1C. The van der Waals surface area contributed by atoms with Crippen molar-refractivity contribution in [3.63, 3.8) is 0 Å². The van der Waals surface area contributed by atoms with Gasteiger partial charge in [0.25, 0.3) is 0 Å². The number of nitrogens with one attached hydrogen (secondary N) is 1. The van der Waals surface area contributed by atoms with Gasteiger partial charge < -0.3 is 10.2 Å². The molecule has 1 heterocycles. The van der Waals surface area contributed by atoms with Crippen molar-refractivity contribution in [2.24, 2.45) is 5.92 Å². The molecule has 0 aromatic carbocycles. The maximum absolute atomic E-state index is 3.50. The monoisotopic (exact) mass is 225 g/mol. The number of likely N-dealkylation sites (N-methyl/N-ethyl adjacent to an activating group) is 2. The summed E-state index contributed by atoms with van der Waals surface area (Å²) >= 11 is 0. The minimum absolute atomic E-state index is 0.737. The zero-order chi connectivity index (χ0) is 11.5. The van der Waals surface area contributed by atoms with Crippen LogP contribution in [-0.2, 0) is 0 Å². The molecule has 2 aliphatic rings. The molecule has 3 heteroatoms. The Bertz CT molecular complexity index is 215. The van der Waals surface area contributed by atoms with Gasteiger partial charge in [0.15, 0.2) is 0 Å². The summed E-state index contributed by atoms with van der Waals surface area (Å²) in [5, 5.41) is 3.50. The molecule has 2 unspecified atom stereocenters. The molecule has 16 heavy (non-hydrogen) atoms. The summed E-state index contributed by atoms with van der Waals surface area (Å²) in [4.78, 5) is 5.18. The summed E-state index contributed by atoms with van der Waals surface area (Å²) in [6.07, 6.45) is 4.16. The van der Waals surface area contributed by atoms with E-state index < -0.39 is 0 Å². The quantitative estimate of drug-likeness (QED) is 0.753. The van der Waals surface area contributed by atoms with Crippen molar-refractivity contribution in [1.29, 1.82) is 0 Å². The number of hydrogen-bond donors (Lipinski definition) is 1. The molecule has 94 valence electrons. The Labute approximate surface area is 100 Å². The molecular formula is C13H27N3. The second kappa shape index (κ2) is 5.48. The van der Waals surface area contributed by atoms with Crippen molar-refractivity contribution in [3.8, 4) is 0 Å². The van der Waals surface area contributed by atoms with Crippen LogP contribution >= 0.6 is 0 Å². The van der Waals surface area contributed by atoms with E-state index in [9.17, 15) is 0 Å². The van der Waals surface area contributed by atoms with Gasteiger partial charge in [0.2, 0.25) is 0 Å². The molecule has 0 spiro atoms. The van der Waals surface area contributed by atoms with E-state index in [1.54, 1.807) is 0 Å². The lowest BCUT2D eigenvalue weighted by atomic mass is 10.1. The third-order valence-electron chi connectivity index (χ3n) is 4.35. The van der Waals surface area contributed by atoms with Gasteiger partial charge in [-0.05, 0) is 39.3 Å². The first kappa shape index (κ1) is 12.3. The average molecular weight is 225 g/mol. The molecule has 1 saturated heterocycles. The summed E-state index contributed by atoms with van der Waals surface area (Å²) in [5.74, 6) is 0.963.